The number of carbonyl (C=O) groups is 1. The van der Waals surface area contributed by atoms with Crippen LogP contribution >= 0.6 is 11.3 Å². The molecule has 4 rings (SSSR count). The lowest BCUT2D eigenvalue weighted by Gasteiger charge is -2.39. The second kappa shape index (κ2) is 6.55. The first-order valence-corrected chi connectivity index (χ1v) is 9.64. The summed E-state index contributed by atoms with van der Waals surface area (Å²) in [5, 5.41) is 2.15. The summed E-state index contributed by atoms with van der Waals surface area (Å²) >= 11 is 1.82. The van der Waals surface area contributed by atoms with Gasteiger partial charge in [-0.15, -0.1) is 11.3 Å². The molecule has 0 bridgehead atoms. The SMILES string of the molecule is CC1c2ccsc2CCN1C(=O)C1CCCN(c2ccccn2)C1. The number of amides is 1. The van der Waals surface area contributed by atoms with Gasteiger partial charge < -0.3 is 9.80 Å². The normalized spacial score (nSPS) is 23.9. The quantitative estimate of drug-likeness (QED) is 0.839. The van der Waals surface area contributed by atoms with E-state index in [1.54, 1.807) is 0 Å². The second-order valence-electron chi connectivity index (χ2n) is 6.73. The third-order valence-electron chi connectivity index (χ3n) is 5.30. The minimum atomic E-state index is 0.0865. The highest BCUT2D eigenvalue weighted by Crippen LogP contribution is 2.34. The molecule has 1 amide bonds. The summed E-state index contributed by atoms with van der Waals surface area (Å²) in [6.45, 7) is 4.80. The number of piperidine rings is 1. The molecule has 2 aromatic heterocycles. The molecule has 0 N–H and O–H groups in total. The van der Waals surface area contributed by atoms with Crippen molar-refractivity contribution in [2.24, 2.45) is 5.92 Å². The van der Waals surface area contributed by atoms with Crippen LogP contribution in [0.5, 0.6) is 0 Å². The minimum absolute atomic E-state index is 0.0865. The minimum Gasteiger partial charge on any atom is -0.356 e. The summed E-state index contributed by atoms with van der Waals surface area (Å²) in [5.74, 6) is 1.39. The lowest BCUT2D eigenvalue weighted by molar-refractivity contribution is -0.138. The van der Waals surface area contributed by atoms with Gasteiger partial charge in [-0.2, -0.15) is 0 Å². The molecular weight excluding hydrogens is 318 g/mol. The van der Waals surface area contributed by atoms with Crippen molar-refractivity contribution in [3.05, 3.63) is 46.3 Å². The number of anilines is 1. The van der Waals surface area contributed by atoms with Gasteiger partial charge in [0.2, 0.25) is 5.91 Å². The maximum atomic E-state index is 13.2. The Balaban J connectivity index is 1.48. The van der Waals surface area contributed by atoms with Crippen LogP contribution in [0.4, 0.5) is 5.82 Å². The van der Waals surface area contributed by atoms with Gasteiger partial charge in [0, 0.05) is 30.7 Å². The van der Waals surface area contributed by atoms with Crippen molar-refractivity contribution >= 4 is 23.1 Å². The van der Waals surface area contributed by atoms with Crippen LogP contribution in [-0.2, 0) is 11.2 Å². The molecule has 0 radical (unpaired) electrons. The Kier molecular flexibility index (Phi) is 4.27. The average molecular weight is 341 g/mol. The van der Waals surface area contributed by atoms with Gasteiger partial charge in [-0.3, -0.25) is 4.79 Å². The zero-order valence-corrected chi connectivity index (χ0v) is 14.8. The van der Waals surface area contributed by atoms with Gasteiger partial charge in [-0.05, 0) is 55.3 Å². The van der Waals surface area contributed by atoms with Crippen LogP contribution in [0.25, 0.3) is 0 Å². The molecule has 24 heavy (non-hydrogen) atoms. The van der Waals surface area contributed by atoms with Crippen LogP contribution in [0.2, 0.25) is 0 Å². The number of nitrogens with zero attached hydrogens (tertiary/aromatic N) is 3. The molecule has 126 valence electrons. The molecule has 5 heteroatoms. The summed E-state index contributed by atoms with van der Waals surface area (Å²) in [7, 11) is 0. The first-order chi connectivity index (χ1) is 11.7. The van der Waals surface area contributed by atoms with E-state index in [0.29, 0.717) is 5.91 Å². The number of rotatable bonds is 2. The smallest absolute Gasteiger partial charge is 0.227 e. The molecule has 0 saturated carbocycles. The van der Waals surface area contributed by atoms with Gasteiger partial charge in [0.15, 0.2) is 0 Å². The molecule has 2 atom stereocenters. The number of hydrogen-bond acceptors (Lipinski definition) is 4. The molecule has 0 aliphatic carbocycles. The molecule has 4 nitrogen and oxygen atoms in total. The maximum absolute atomic E-state index is 13.2. The van der Waals surface area contributed by atoms with Crippen molar-refractivity contribution in [2.45, 2.75) is 32.2 Å². The van der Waals surface area contributed by atoms with Crippen LogP contribution in [0, 0.1) is 5.92 Å². The van der Waals surface area contributed by atoms with E-state index in [1.165, 1.54) is 10.4 Å². The topological polar surface area (TPSA) is 36.4 Å². The molecule has 2 aromatic rings. The van der Waals surface area contributed by atoms with Crippen molar-refractivity contribution < 1.29 is 4.79 Å². The van der Waals surface area contributed by atoms with E-state index in [1.807, 2.05) is 35.7 Å². The van der Waals surface area contributed by atoms with Gasteiger partial charge in [0.25, 0.3) is 0 Å². The predicted molar refractivity (Wildman–Crippen MR) is 97.3 cm³/mol. The summed E-state index contributed by atoms with van der Waals surface area (Å²) in [5.41, 5.74) is 1.34. The number of hydrogen-bond donors (Lipinski definition) is 0. The van der Waals surface area contributed by atoms with E-state index in [-0.39, 0.29) is 12.0 Å². The van der Waals surface area contributed by atoms with Crippen LogP contribution in [-0.4, -0.2) is 35.4 Å². The third-order valence-corrected chi connectivity index (χ3v) is 6.30. The lowest BCUT2D eigenvalue weighted by atomic mass is 9.93. The first kappa shape index (κ1) is 15.6. The fraction of sp³-hybridized carbons (Fsp3) is 0.474. The largest absolute Gasteiger partial charge is 0.356 e. The van der Waals surface area contributed by atoms with Gasteiger partial charge in [-0.1, -0.05) is 6.07 Å². The van der Waals surface area contributed by atoms with Crippen LogP contribution < -0.4 is 4.90 Å². The number of carbonyl (C=O) groups excluding carboxylic acids is 1. The van der Waals surface area contributed by atoms with E-state index >= 15 is 0 Å². The Morgan fingerprint density at radius 1 is 1.29 bits per heavy atom. The van der Waals surface area contributed by atoms with Gasteiger partial charge in [0.05, 0.1) is 12.0 Å². The fourth-order valence-corrected chi connectivity index (χ4v) is 4.94. The number of thiophene rings is 1. The van der Waals surface area contributed by atoms with Crippen LogP contribution in [0.3, 0.4) is 0 Å². The molecule has 2 aliphatic rings. The Hall–Kier alpha value is -1.88. The third kappa shape index (κ3) is 2.81. The molecular formula is C19H23N3OS. The molecule has 2 aliphatic heterocycles. The highest BCUT2D eigenvalue weighted by molar-refractivity contribution is 7.10. The molecule has 1 fully saturated rings. The van der Waals surface area contributed by atoms with E-state index in [2.05, 4.69) is 33.2 Å². The predicted octanol–water partition coefficient (Wildman–Crippen LogP) is 3.51. The summed E-state index contributed by atoms with van der Waals surface area (Å²) < 4.78 is 0. The molecule has 0 spiro atoms. The monoisotopic (exact) mass is 341 g/mol. The van der Waals surface area contributed by atoms with Crippen molar-refractivity contribution in [3.63, 3.8) is 0 Å². The Bertz CT molecular complexity index is 714. The van der Waals surface area contributed by atoms with Crippen LogP contribution in [0.15, 0.2) is 35.8 Å². The number of pyridine rings is 1. The van der Waals surface area contributed by atoms with Crippen molar-refractivity contribution in [3.8, 4) is 0 Å². The number of fused-ring (bicyclic) bond motifs is 1. The van der Waals surface area contributed by atoms with E-state index in [4.69, 9.17) is 0 Å². The van der Waals surface area contributed by atoms with Gasteiger partial charge >= 0.3 is 0 Å². The number of aromatic nitrogens is 1. The van der Waals surface area contributed by atoms with Crippen molar-refractivity contribution in [2.75, 3.05) is 24.5 Å². The Labute approximate surface area is 147 Å². The van der Waals surface area contributed by atoms with Gasteiger partial charge in [0.1, 0.15) is 5.82 Å². The maximum Gasteiger partial charge on any atom is 0.227 e. The highest BCUT2D eigenvalue weighted by Gasteiger charge is 2.34. The molecule has 4 heterocycles. The zero-order chi connectivity index (χ0) is 16.5. The van der Waals surface area contributed by atoms with Crippen molar-refractivity contribution in [1.82, 2.24) is 9.88 Å². The van der Waals surface area contributed by atoms with Gasteiger partial charge in [-0.25, -0.2) is 4.98 Å². The Morgan fingerprint density at radius 3 is 3.04 bits per heavy atom. The highest BCUT2D eigenvalue weighted by atomic mass is 32.1. The fourth-order valence-electron chi connectivity index (χ4n) is 3.97. The summed E-state index contributed by atoms with van der Waals surface area (Å²) in [6.07, 6.45) is 4.87. The lowest BCUT2D eigenvalue weighted by Crippen LogP contribution is -2.47. The average Bonchev–Trinajstić information content (AvgIpc) is 3.12. The van der Waals surface area contributed by atoms with E-state index in [9.17, 15) is 4.79 Å². The zero-order valence-electron chi connectivity index (χ0n) is 14.0. The second-order valence-corrected chi connectivity index (χ2v) is 7.73. The van der Waals surface area contributed by atoms with Crippen LogP contribution in [0.1, 0.15) is 36.2 Å². The molecule has 0 aromatic carbocycles. The summed E-state index contributed by atoms with van der Waals surface area (Å²) in [4.78, 5) is 23.4. The standard InChI is InChI=1S/C19H23N3OS/c1-14-16-8-12-24-17(16)7-11-22(14)19(23)15-5-4-10-21(13-15)18-6-2-3-9-20-18/h2-3,6,8-9,12,14-15H,4-5,7,10-11,13H2,1H3. The Morgan fingerprint density at radius 2 is 2.21 bits per heavy atom. The molecule has 2 unspecified atom stereocenters. The molecule has 1 saturated heterocycles. The van der Waals surface area contributed by atoms with Crippen molar-refractivity contribution in [1.29, 1.82) is 0 Å². The first-order valence-electron chi connectivity index (χ1n) is 8.77. The van der Waals surface area contributed by atoms with E-state index in [0.717, 1.165) is 44.7 Å². The summed E-state index contributed by atoms with van der Waals surface area (Å²) in [6, 6.07) is 8.37. The van der Waals surface area contributed by atoms with E-state index < -0.39 is 0 Å².